The molecule has 0 bridgehead atoms. The zero-order valence-corrected chi connectivity index (χ0v) is 13.9. The van der Waals surface area contributed by atoms with Crippen LogP contribution in [0.25, 0.3) is 11.5 Å². The molecule has 0 spiro atoms. The van der Waals surface area contributed by atoms with E-state index in [1.54, 1.807) is 6.92 Å². The molecular weight excluding hydrogens is 348 g/mol. The number of nitrogens with one attached hydrogen (secondary N) is 1. The minimum absolute atomic E-state index is 0.0886. The largest absolute Gasteiger partial charge is 0.411 e. The predicted octanol–water partition coefficient (Wildman–Crippen LogP) is 4.13. The van der Waals surface area contributed by atoms with Crippen LogP contribution in [0, 0.1) is 11.6 Å². The summed E-state index contributed by atoms with van der Waals surface area (Å²) < 4.78 is 32.0. The van der Waals surface area contributed by atoms with Crippen molar-refractivity contribution >= 4 is 23.4 Å². The molecule has 3 rings (SSSR count). The highest BCUT2D eigenvalue weighted by molar-refractivity contribution is 8.00. The number of carbonyl (C=O) groups excluding carboxylic acids is 1. The van der Waals surface area contributed by atoms with Gasteiger partial charge in [-0.25, -0.2) is 8.78 Å². The van der Waals surface area contributed by atoms with Crippen molar-refractivity contribution in [2.45, 2.75) is 17.4 Å². The lowest BCUT2D eigenvalue weighted by Gasteiger charge is -2.10. The number of anilines is 1. The van der Waals surface area contributed by atoms with Crippen molar-refractivity contribution in [2.75, 3.05) is 5.32 Å². The number of hydrogen-bond acceptors (Lipinski definition) is 5. The van der Waals surface area contributed by atoms with Gasteiger partial charge in [-0.2, -0.15) is 0 Å². The fraction of sp³-hybridized carbons (Fsp3) is 0.118. The topological polar surface area (TPSA) is 68.0 Å². The fourth-order valence-corrected chi connectivity index (χ4v) is 2.67. The summed E-state index contributed by atoms with van der Waals surface area (Å²) in [6.45, 7) is 1.62. The lowest BCUT2D eigenvalue weighted by atomic mass is 10.2. The van der Waals surface area contributed by atoms with E-state index in [9.17, 15) is 13.6 Å². The Morgan fingerprint density at radius 3 is 2.64 bits per heavy atom. The third-order valence-corrected chi connectivity index (χ3v) is 4.20. The summed E-state index contributed by atoms with van der Waals surface area (Å²) in [5.41, 5.74) is 0.682. The number of carbonyl (C=O) groups is 1. The first kappa shape index (κ1) is 17.1. The molecule has 0 saturated heterocycles. The predicted molar refractivity (Wildman–Crippen MR) is 90.0 cm³/mol. The first-order valence-corrected chi connectivity index (χ1v) is 8.22. The normalized spacial score (nSPS) is 12.0. The van der Waals surface area contributed by atoms with Gasteiger partial charge in [0.05, 0.1) is 10.9 Å². The number of halogens is 2. The monoisotopic (exact) mass is 361 g/mol. The average molecular weight is 361 g/mol. The number of hydrogen-bond donors (Lipinski definition) is 1. The molecule has 3 aromatic rings. The molecule has 0 fully saturated rings. The van der Waals surface area contributed by atoms with Gasteiger partial charge in [0.1, 0.15) is 11.6 Å². The van der Waals surface area contributed by atoms with Crippen LogP contribution in [0.4, 0.5) is 14.5 Å². The number of rotatable bonds is 5. The minimum Gasteiger partial charge on any atom is -0.411 e. The molecule has 0 saturated carbocycles. The summed E-state index contributed by atoms with van der Waals surface area (Å²) in [6, 6.07) is 12.2. The summed E-state index contributed by atoms with van der Waals surface area (Å²) in [5, 5.41) is 9.84. The van der Waals surface area contributed by atoms with Gasteiger partial charge in [0.2, 0.25) is 11.8 Å². The van der Waals surface area contributed by atoms with E-state index < -0.39 is 22.8 Å². The first-order valence-electron chi connectivity index (χ1n) is 7.34. The standard InChI is InChI=1S/C17H13F2N3O2S/c1-10(15(23)20-14-8-7-12(18)9-13(14)19)25-17-22-21-16(24-17)11-5-3-2-4-6-11/h2-10H,1H3,(H,20,23)/t10-/m0/s1. The molecule has 128 valence electrons. The van der Waals surface area contributed by atoms with Crippen LogP contribution in [-0.4, -0.2) is 21.4 Å². The number of thioether (sulfide) groups is 1. The Labute approximate surface area is 146 Å². The Morgan fingerprint density at radius 2 is 1.92 bits per heavy atom. The SMILES string of the molecule is C[C@H](Sc1nnc(-c2ccccc2)o1)C(=O)Nc1ccc(F)cc1F. The van der Waals surface area contributed by atoms with Crippen LogP contribution >= 0.6 is 11.8 Å². The van der Waals surface area contributed by atoms with E-state index >= 15 is 0 Å². The second-order valence-corrected chi connectivity index (χ2v) is 6.40. The molecule has 0 radical (unpaired) electrons. The van der Waals surface area contributed by atoms with Crippen molar-refractivity contribution in [1.29, 1.82) is 0 Å². The van der Waals surface area contributed by atoms with Crippen LogP contribution < -0.4 is 5.32 Å². The number of amides is 1. The number of aromatic nitrogens is 2. The Bertz CT molecular complexity index is 887. The van der Waals surface area contributed by atoms with Crippen LogP contribution in [0.2, 0.25) is 0 Å². The van der Waals surface area contributed by atoms with Crippen LogP contribution in [-0.2, 0) is 4.79 Å². The number of nitrogens with zero attached hydrogens (tertiary/aromatic N) is 2. The summed E-state index contributed by atoms with van der Waals surface area (Å²) in [5.74, 6) is -1.66. The highest BCUT2D eigenvalue weighted by Crippen LogP contribution is 2.27. The molecule has 1 atom stereocenters. The smallest absolute Gasteiger partial charge is 0.277 e. The van der Waals surface area contributed by atoms with Gasteiger partial charge in [-0.05, 0) is 31.2 Å². The summed E-state index contributed by atoms with van der Waals surface area (Å²) in [6.07, 6.45) is 0. The van der Waals surface area contributed by atoms with Gasteiger partial charge in [-0.3, -0.25) is 4.79 Å². The van der Waals surface area contributed by atoms with Gasteiger partial charge < -0.3 is 9.73 Å². The van der Waals surface area contributed by atoms with Crippen molar-refractivity contribution in [3.8, 4) is 11.5 Å². The van der Waals surface area contributed by atoms with E-state index in [0.717, 1.165) is 23.4 Å². The van der Waals surface area contributed by atoms with Crippen molar-refractivity contribution in [3.05, 3.63) is 60.2 Å². The second-order valence-electron chi connectivity index (χ2n) is 5.11. The highest BCUT2D eigenvalue weighted by Gasteiger charge is 2.20. The van der Waals surface area contributed by atoms with Crippen molar-refractivity contribution in [3.63, 3.8) is 0 Å². The lowest BCUT2D eigenvalue weighted by Crippen LogP contribution is -2.23. The quantitative estimate of drug-likeness (QED) is 0.692. The zero-order valence-electron chi connectivity index (χ0n) is 13.1. The van der Waals surface area contributed by atoms with Crippen molar-refractivity contribution < 1.29 is 18.0 Å². The van der Waals surface area contributed by atoms with Crippen LogP contribution in [0.3, 0.4) is 0 Å². The van der Waals surface area contributed by atoms with Crippen LogP contribution in [0.1, 0.15) is 6.92 Å². The maximum atomic E-state index is 13.6. The zero-order chi connectivity index (χ0) is 17.8. The average Bonchev–Trinajstić information content (AvgIpc) is 3.06. The van der Waals surface area contributed by atoms with E-state index in [1.807, 2.05) is 30.3 Å². The molecule has 0 aliphatic carbocycles. The molecule has 8 heteroatoms. The molecule has 0 aliphatic heterocycles. The fourth-order valence-electron chi connectivity index (χ4n) is 1.98. The summed E-state index contributed by atoms with van der Waals surface area (Å²) in [7, 11) is 0. The Balaban J connectivity index is 1.65. The van der Waals surface area contributed by atoms with Gasteiger partial charge in [0.15, 0.2) is 0 Å². The van der Waals surface area contributed by atoms with Gasteiger partial charge in [0.25, 0.3) is 5.22 Å². The molecule has 0 aliphatic rings. The molecule has 1 amide bonds. The second kappa shape index (κ2) is 7.43. The molecule has 0 unspecified atom stereocenters. The molecule has 25 heavy (non-hydrogen) atoms. The first-order chi connectivity index (χ1) is 12.0. The number of benzene rings is 2. The highest BCUT2D eigenvalue weighted by atomic mass is 32.2. The Hall–Kier alpha value is -2.74. The Morgan fingerprint density at radius 1 is 1.16 bits per heavy atom. The Kier molecular flexibility index (Phi) is 5.08. The third-order valence-electron chi connectivity index (χ3n) is 3.26. The van der Waals surface area contributed by atoms with E-state index in [2.05, 4.69) is 15.5 Å². The van der Waals surface area contributed by atoms with Crippen LogP contribution in [0.15, 0.2) is 58.2 Å². The molecular formula is C17H13F2N3O2S. The molecule has 5 nitrogen and oxygen atoms in total. The van der Waals surface area contributed by atoms with Gasteiger partial charge in [0, 0.05) is 11.6 Å². The van der Waals surface area contributed by atoms with Crippen molar-refractivity contribution in [2.24, 2.45) is 0 Å². The third kappa shape index (κ3) is 4.21. The van der Waals surface area contributed by atoms with Gasteiger partial charge in [-0.15, -0.1) is 10.2 Å². The maximum Gasteiger partial charge on any atom is 0.277 e. The van der Waals surface area contributed by atoms with Crippen LogP contribution in [0.5, 0.6) is 0 Å². The van der Waals surface area contributed by atoms with Crippen molar-refractivity contribution in [1.82, 2.24) is 10.2 Å². The van der Waals surface area contributed by atoms with E-state index in [1.165, 1.54) is 6.07 Å². The molecule has 1 N–H and O–H groups in total. The van der Waals surface area contributed by atoms with Gasteiger partial charge >= 0.3 is 0 Å². The summed E-state index contributed by atoms with van der Waals surface area (Å²) >= 11 is 1.05. The molecule has 2 aromatic carbocycles. The maximum absolute atomic E-state index is 13.6. The minimum atomic E-state index is -0.838. The molecule has 1 heterocycles. The van der Waals surface area contributed by atoms with E-state index in [-0.39, 0.29) is 10.9 Å². The van der Waals surface area contributed by atoms with E-state index in [4.69, 9.17) is 4.42 Å². The molecule has 1 aromatic heterocycles. The summed E-state index contributed by atoms with van der Waals surface area (Å²) in [4.78, 5) is 12.1. The van der Waals surface area contributed by atoms with E-state index in [0.29, 0.717) is 12.0 Å². The lowest BCUT2D eigenvalue weighted by molar-refractivity contribution is -0.115. The van der Waals surface area contributed by atoms with Gasteiger partial charge in [-0.1, -0.05) is 30.0 Å².